The molecule has 1 saturated heterocycles. The second kappa shape index (κ2) is 6.10. The molecule has 1 aliphatic rings. The Morgan fingerprint density at radius 3 is 2.76 bits per heavy atom. The molecule has 0 bridgehead atoms. The van der Waals surface area contributed by atoms with E-state index in [0.717, 1.165) is 42.8 Å². The van der Waals surface area contributed by atoms with Crippen LogP contribution in [0.1, 0.15) is 25.2 Å². The number of hydrogen-bond acceptors (Lipinski definition) is 4. The van der Waals surface area contributed by atoms with Crippen molar-refractivity contribution in [2.45, 2.75) is 32.2 Å². The number of carbonyl (C=O) groups is 1. The van der Waals surface area contributed by atoms with Gasteiger partial charge >= 0.3 is 0 Å². The Morgan fingerprint density at radius 2 is 2.14 bits per heavy atom. The number of benzene rings is 1. The van der Waals surface area contributed by atoms with E-state index < -0.39 is 0 Å². The van der Waals surface area contributed by atoms with Crippen molar-refractivity contribution in [1.29, 1.82) is 0 Å². The van der Waals surface area contributed by atoms with E-state index in [1.807, 2.05) is 31.2 Å². The molecule has 0 radical (unpaired) electrons. The summed E-state index contributed by atoms with van der Waals surface area (Å²) in [4.78, 5) is 16.4. The molecule has 2 heterocycles. The third-order valence-corrected chi connectivity index (χ3v) is 3.69. The Hall–Kier alpha value is -2.14. The second-order valence-electron chi connectivity index (χ2n) is 5.32. The van der Waals surface area contributed by atoms with E-state index in [1.165, 1.54) is 0 Å². The standard InChI is InChI=1S/C16H19N3O2/c1-11-18-15(10-21-11)12-5-7-13(8-6-12)19-16(20)14-4-2-3-9-17-14/h5-8,10,14,17H,2-4,9H2,1H3,(H,19,20)/t14-/m1/s1. The number of anilines is 1. The van der Waals surface area contributed by atoms with Crippen LogP contribution in [0.2, 0.25) is 0 Å². The van der Waals surface area contributed by atoms with Gasteiger partial charge in [0.1, 0.15) is 12.0 Å². The SMILES string of the molecule is Cc1nc(-c2ccc(NC(=O)[C@H]3CCCCN3)cc2)co1. The van der Waals surface area contributed by atoms with E-state index in [9.17, 15) is 4.79 Å². The van der Waals surface area contributed by atoms with Gasteiger partial charge in [0.25, 0.3) is 0 Å². The van der Waals surface area contributed by atoms with Crippen LogP contribution in [0.5, 0.6) is 0 Å². The zero-order valence-electron chi connectivity index (χ0n) is 12.1. The maximum absolute atomic E-state index is 12.1. The largest absolute Gasteiger partial charge is 0.449 e. The van der Waals surface area contributed by atoms with Crippen molar-refractivity contribution in [1.82, 2.24) is 10.3 Å². The Balaban J connectivity index is 1.65. The van der Waals surface area contributed by atoms with Crippen LogP contribution >= 0.6 is 0 Å². The van der Waals surface area contributed by atoms with Crippen molar-refractivity contribution in [3.05, 3.63) is 36.4 Å². The lowest BCUT2D eigenvalue weighted by Crippen LogP contribution is -2.43. The average molecular weight is 285 g/mol. The van der Waals surface area contributed by atoms with Gasteiger partial charge in [0, 0.05) is 18.2 Å². The summed E-state index contributed by atoms with van der Waals surface area (Å²) in [5, 5.41) is 6.19. The fourth-order valence-electron chi connectivity index (χ4n) is 2.53. The van der Waals surface area contributed by atoms with Gasteiger partial charge in [-0.3, -0.25) is 4.79 Å². The molecule has 1 amide bonds. The van der Waals surface area contributed by atoms with Crippen LogP contribution in [0.4, 0.5) is 5.69 Å². The van der Waals surface area contributed by atoms with Crippen molar-refractivity contribution >= 4 is 11.6 Å². The van der Waals surface area contributed by atoms with Crippen LogP contribution < -0.4 is 10.6 Å². The zero-order valence-corrected chi connectivity index (χ0v) is 12.1. The first kappa shape index (κ1) is 13.8. The molecule has 0 aliphatic carbocycles. The smallest absolute Gasteiger partial charge is 0.241 e. The van der Waals surface area contributed by atoms with Crippen molar-refractivity contribution in [2.24, 2.45) is 0 Å². The predicted molar refractivity (Wildman–Crippen MR) is 80.9 cm³/mol. The summed E-state index contributed by atoms with van der Waals surface area (Å²) in [6.45, 7) is 2.73. The first-order valence-corrected chi connectivity index (χ1v) is 7.29. The van der Waals surface area contributed by atoms with E-state index in [2.05, 4.69) is 15.6 Å². The van der Waals surface area contributed by atoms with Crippen LogP contribution in [0, 0.1) is 6.92 Å². The summed E-state index contributed by atoms with van der Waals surface area (Å²) in [7, 11) is 0. The number of nitrogens with one attached hydrogen (secondary N) is 2. The molecule has 110 valence electrons. The Bertz CT molecular complexity index is 613. The molecule has 1 aliphatic heterocycles. The minimum atomic E-state index is -0.0726. The highest BCUT2D eigenvalue weighted by Crippen LogP contribution is 2.21. The molecule has 5 heteroatoms. The number of amides is 1. The number of hydrogen-bond donors (Lipinski definition) is 2. The van der Waals surface area contributed by atoms with Crippen LogP contribution in [0.25, 0.3) is 11.3 Å². The van der Waals surface area contributed by atoms with Gasteiger partial charge in [0.05, 0.1) is 6.04 Å². The summed E-state index contributed by atoms with van der Waals surface area (Å²) >= 11 is 0. The summed E-state index contributed by atoms with van der Waals surface area (Å²) in [5.41, 5.74) is 2.58. The van der Waals surface area contributed by atoms with Gasteiger partial charge in [0.15, 0.2) is 5.89 Å². The number of carbonyl (C=O) groups excluding carboxylic acids is 1. The Labute approximate surface area is 123 Å². The number of oxazole rings is 1. The van der Waals surface area contributed by atoms with Crippen LogP contribution in [-0.4, -0.2) is 23.5 Å². The van der Waals surface area contributed by atoms with Crippen molar-refractivity contribution in [3.8, 4) is 11.3 Å². The first-order chi connectivity index (χ1) is 10.2. The molecule has 5 nitrogen and oxygen atoms in total. The lowest BCUT2D eigenvalue weighted by Gasteiger charge is -2.22. The maximum atomic E-state index is 12.1. The second-order valence-corrected chi connectivity index (χ2v) is 5.32. The topological polar surface area (TPSA) is 67.2 Å². The van der Waals surface area contributed by atoms with E-state index in [-0.39, 0.29) is 11.9 Å². The number of aryl methyl sites for hydroxylation is 1. The first-order valence-electron chi connectivity index (χ1n) is 7.29. The van der Waals surface area contributed by atoms with Crippen LogP contribution in [0.15, 0.2) is 34.9 Å². The van der Waals surface area contributed by atoms with E-state index in [4.69, 9.17) is 4.42 Å². The van der Waals surface area contributed by atoms with Gasteiger partial charge < -0.3 is 15.1 Å². The van der Waals surface area contributed by atoms with E-state index in [1.54, 1.807) is 6.26 Å². The Kier molecular flexibility index (Phi) is 4.01. The molecule has 21 heavy (non-hydrogen) atoms. The van der Waals surface area contributed by atoms with Gasteiger partial charge in [-0.15, -0.1) is 0 Å². The minimum Gasteiger partial charge on any atom is -0.449 e. The van der Waals surface area contributed by atoms with Crippen molar-refractivity contribution < 1.29 is 9.21 Å². The van der Waals surface area contributed by atoms with Gasteiger partial charge in [0.2, 0.25) is 5.91 Å². The summed E-state index contributed by atoms with van der Waals surface area (Å²) in [6.07, 6.45) is 4.79. The molecule has 0 spiro atoms. The van der Waals surface area contributed by atoms with Gasteiger partial charge in [-0.1, -0.05) is 18.6 Å². The Morgan fingerprint density at radius 1 is 1.33 bits per heavy atom. The van der Waals surface area contributed by atoms with Gasteiger partial charge in [-0.25, -0.2) is 4.98 Å². The molecule has 1 fully saturated rings. The molecular formula is C16H19N3O2. The number of rotatable bonds is 3. The highest BCUT2D eigenvalue weighted by molar-refractivity contribution is 5.95. The number of nitrogens with zero attached hydrogens (tertiary/aromatic N) is 1. The summed E-state index contributed by atoms with van der Waals surface area (Å²) < 4.78 is 5.20. The monoisotopic (exact) mass is 285 g/mol. The molecule has 2 aromatic rings. The molecule has 0 saturated carbocycles. The molecule has 1 aromatic heterocycles. The van der Waals surface area contributed by atoms with Crippen LogP contribution in [-0.2, 0) is 4.79 Å². The molecule has 1 aromatic carbocycles. The molecule has 2 N–H and O–H groups in total. The molecule has 3 rings (SSSR count). The fraction of sp³-hybridized carbons (Fsp3) is 0.375. The lowest BCUT2D eigenvalue weighted by molar-refractivity contribution is -0.118. The third kappa shape index (κ3) is 3.31. The van der Waals surface area contributed by atoms with Gasteiger partial charge in [-0.2, -0.15) is 0 Å². The number of aromatic nitrogens is 1. The summed E-state index contributed by atoms with van der Waals surface area (Å²) in [6, 6.07) is 7.57. The van der Waals surface area contributed by atoms with E-state index >= 15 is 0 Å². The van der Waals surface area contributed by atoms with Crippen molar-refractivity contribution in [2.75, 3.05) is 11.9 Å². The predicted octanol–water partition coefficient (Wildman–Crippen LogP) is 2.73. The zero-order chi connectivity index (χ0) is 14.7. The highest BCUT2D eigenvalue weighted by Gasteiger charge is 2.20. The summed E-state index contributed by atoms with van der Waals surface area (Å²) in [5.74, 6) is 0.686. The molecule has 1 atom stereocenters. The average Bonchev–Trinajstić information content (AvgIpc) is 2.95. The minimum absolute atomic E-state index is 0.0414. The highest BCUT2D eigenvalue weighted by atomic mass is 16.3. The van der Waals surface area contributed by atoms with Crippen molar-refractivity contribution in [3.63, 3.8) is 0 Å². The molecule has 0 unspecified atom stereocenters. The maximum Gasteiger partial charge on any atom is 0.241 e. The van der Waals surface area contributed by atoms with E-state index in [0.29, 0.717) is 5.89 Å². The van der Waals surface area contributed by atoms with Gasteiger partial charge in [-0.05, 0) is 31.5 Å². The lowest BCUT2D eigenvalue weighted by atomic mass is 10.0. The fourth-order valence-corrected chi connectivity index (χ4v) is 2.53. The number of piperidine rings is 1. The quantitative estimate of drug-likeness (QED) is 0.910. The van der Waals surface area contributed by atoms with Crippen LogP contribution in [0.3, 0.4) is 0 Å². The third-order valence-electron chi connectivity index (χ3n) is 3.69. The normalized spacial score (nSPS) is 18.4. The molecular weight excluding hydrogens is 266 g/mol.